The first-order chi connectivity index (χ1) is 10.1. The second kappa shape index (κ2) is 9.38. The van der Waals surface area contributed by atoms with Crippen molar-refractivity contribution in [3.05, 3.63) is 30.3 Å². The number of nitrogens with one attached hydrogen (secondary N) is 1. The Balaban J connectivity index is 2.24. The Labute approximate surface area is 128 Å². The van der Waals surface area contributed by atoms with Crippen LogP contribution >= 0.6 is 0 Å². The lowest BCUT2D eigenvalue weighted by Gasteiger charge is -2.26. The average molecular weight is 290 g/mol. The largest absolute Gasteiger partial charge is 0.491 e. The molecule has 1 aromatic carbocycles. The molecule has 0 aliphatic heterocycles. The molecule has 0 aliphatic rings. The molecule has 0 aromatic heterocycles. The summed E-state index contributed by atoms with van der Waals surface area (Å²) in [5, 5.41) is 12.6. The lowest BCUT2D eigenvalue weighted by Crippen LogP contribution is -2.44. The van der Waals surface area contributed by atoms with Crippen molar-refractivity contribution in [1.82, 2.24) is 5.32 Å². The van der Waals surface area contributed by atoms with Gasteiger partial charge in [0.05, 0.1) is 18.8 Å². The van der Waals surface area contributed by atoms with Crippen molar-refractivity contribution >= 4 is 0 Å². The van der Waals surface area contributed by atoms with E-state index in [9.17, 15) is 5.26 Å². The first-order valence-electron chi connectivity index (χ1n) is 7.55. The Hall–Kier alpha value is -1.57. The minimum atomic E-state index is -0.532. The molecule has 0 bridgehead atoms. The van der Waals surface area contributed by atoms with Crippen LogP contribution in [0.2, 0.25) is 0 Å². The third kappa shape index (κ3) is 7.12. The van der Waals surface area contributed by atoms with E-state index in [0.717, 1.165) is 18.7 Å². The summed E-state index contributed by atoms with van der Waals surface area (Å²) < 4.78 is 11.3. The summed E-state index contributed by atoms with van der Waals surface area (Å²) in [6.45, 7) is 7.87. The maximum Gasteiger partial charge on any atom is 0.119 e. The minimum absolute atomic E-state index is 0.0124. The maximum absolute atomic E-state index is 9.29. The fraction of sp³-hybridized carbons (Fsp3) is 0.588. The number of ether oxygens (including phenoxy) is 2. The summed E-state index contributed by atoms with van der Waals surface area (Å²) in [7, 11) is 0. The van der Waals surface area contributed by atoms with Crippen LogP contribution in [0.25, 0.3) is 0 Å². The van der Waals surface area contributed by atoms with Crippen LogP contribution in [-0.2, 0) is 4.74 Å². The molecule has 0 heterocycles. The van der Waals surface area contributed by atoms with Crippen molar-refractivity contribution in [2.45, 2.75) is 45.3 Å². The van der Waals surface area contributed by atoms with Gasteiger partial charge in [-0.15, -0.1) is 0 Å². The van der Waals surface area contributed by atoms with E-state index >= 15 is 0 Å². The normalized spacial score (nSPS) is 15.0. The van der Waals surface area contributed by atoms with Gasteiger partial charge in [-0.2, -0.15) is 5.26 Å². The SMILES string of the molecule is CCCNC(C)(C#N)CC(C)OCCOc1ccccc1. The molecule has 1 N–H and O–H groups in total. The van der Waals surface area contributed by atoms with Crippen LogP contribution in [0.1, 0.15) is 33.6 Å². The number of rotatable bonds is 10. The third-order valence-electron chi connectivity index (χ3n) is 3.21. The van der Waals surface area contributed by atoms with Gasteiger partial charge in [0, 0.05) is 6.42 Å². The van der Waals surface area contributed by atoms with E-state index in [1.807, 2.05) is 44.2 Å². The van der Waals surface area contributed by atoms with E-state index in [2.05, 4.69) is 18.3 Å². The Kier molecular flexibility index (Phi) is 7.81. The Bertz CT molecular complexity index is 430. The van der Waals surface area contributed by atoms with Crippen molar-refractivity contribution in [2.75, 3.05) is 19.8 Å². The summed E-state index contributed by atoms with van der Waals surface area (Å²) in [6.07, 6.45) is 1.69. The summed E-state index contributed by atoms with van der Waals surface area (Å²) in [4.78, 5) is 0. The maximum atomic E-state index is 9.29. The van der Waals surface area contributed by atoms with Crippen molar-refractivity contribution in [3.63, 3.8) is 0 Å². The summed E-state index contributed by atoms with van der Waals surface area (Å²) >= 11 is 0. The smallest absolute Gasteiger partial charge is 0.119 e. The van der Waals surface area contributed by atoms with Gasteiger partial charge >= 0.3 is 0 Å². The molecule has 0 radical (unpaired) electrons. The fourth-order valence-electron chi connectivity index (χ4n) is 2.12. The molecule has 0 saturated heterocycles. The highest BCUT2D eigenvalue weighted by Gasteiger charge is 2.25. The quantitative estimate of drug-likeness (QED) is 0.673. The standard InChI is InChI=1S/C17H26N2O2/c1-4-10-19-17(3,14-18)13-15(2)20-11-12-21-16-8-6-5-7-9-16/h5-9,15,19H,4,10-13H2,1-3H3. The highest BCUT2D eigenvalue weighted by molar-refractivity contribution is 5.20. The molecule has 1 aromatic rings. The zero-order chi connectivity index (χ0) is 15.6. The van der Waals surface area contributed by atoms with Gasteiger partial charge in [0.25, 0.3) is 0 Å². The number of hydrogen-bond donors (Lipinski definition) is 1. The van der Waals surface area contributed by atoms with E-state index in [-0.39, 0.29) is 6.10 Å². The van der Waals surface area contributed by atoms with Gasteiger partial charge in [0.2, 0.25) is 0 Å². The number of nitriles is 1. The Morgan fingerprint density at radius 3 is 2.62 bits per heavy atom. The molecule has 2 unspecified atom stereocenters. The topological polar surface area (TPSA) is 54.3 Å². The highest BCUT2D eigenvalue weighted by atomic mass is 16.5. The van der Waals surface area contributed by atoms with Crippen molar-refractivity contribution < 1.29 is 9.47 Å². The number of nitrogens with zero attached hydrogens (tertiary/aromatic N) is 1. The molecular formula is C17H26N2O2. The summed E-state index contributed by atoms with van der Waals surface area (Å²) in [5.41, 5.74) is -0.532. The zero-order valence-corrected chi connectivity index (χ0v) is 13.3. The molecule has 116 valence electrons. The fourth-order valence-corrected chi connectivity index (χ4v) is 2.12. The van der Waals surface area contributed by atoms with Gasteiger partial charge in [-0.25, -0.2) is 0 Å². The second-order valence-corrected chi connectivity index (χ2v) is 5.42. The van der Waals surface area contributed by atoms with Gasteiger partial charge < -0.3 is 9.47 Å². The molecule has 0 saturated carbocycles. The van der Waals surface area contributed by atoms with Crippen LogP contribution in [-0.4, -0.2) is 31.4 Å². The van der Waals surface area contributed by atoms with E-state index in [1.54, 1.807) is 0 Å². The van der Waals surface area contributed by atoms with Crippen molar-refractivity contribution in [3.8, 4) is 11.8 Å². The predicted octanol–water partition coefficient (Wildman–Crippen LogP) is 3.14. The van der Waals surface area contributed by atoms with E-state index in [4.69, 9.17) is 9.47 Å². The molecule has 0 spiro atoms. The van der Waals surface area contributed by atoms with E-state index in [0.29, 0.717) is 19.6 Å². The van der Waals surface area contributed by atoms with Crippen LogP contribution in [0.5, 0.6) is 5.75 Å². The summed E-state index contributed by atoms with van der Waals surface area (Å²) in [5.74, 6) is 0.847. The molecular weight excluding hydrogens is 264 g/mol. The van der Waals surface area contributed by atoms with Crippen LogP contribution in [0, 0.1) is 11.3 Å². The van der Waals surface area contributed by atoms with Gasteiger partial charge in [0.15, 0.2) is 0 Å². The number of para-hydroxylation sites is 1. The number of hydrogen-bond acceptors (Lipinski definition) is 4. The van der Waals surface area contributed by atoms with Gasteiger partial charge in [0.1, 0.15) is 17.9 Å². The third-order valence-corrected chi connectivity index (χ3v) is 3.21. The second-order valence-electron chi connectivity index (χ2n) is 5.42. The minimum Gasteiger partial charge on any atom is -0.491 e. The van der Waals surface area contributed by atoms with Crippen LogP contribution < -0.4 is 10.1 Å². The van der Waals surface area contributed by atoms with E-state index < -0.39 is 5.54 Å². The van der Waals surface area contributed by atoms with E-state index in [1.165, 1.54) is 0 Å². The number of benzene rings is 1. The lowest BCUT2D eigenvalue weighted by molar-refractivity contribution is 0.0297. The van der Waals surface area contributed by atoms with Crippen LogP contribution in [0.15, 0.2) is 30.3 Å². The van der Waals surface area contributed by atoms with Gasteiger partial charge in [-0.3, -0.25) is 5.32 Å². The van der Waals surface area contributed by atoms with Crippen LogP contribution in [0.3, 0.4) is 0 Å². The van der Waals surface area contributed by atoms with Gasteiger partial charge in [-0.05, 0) is 38.9 Å². The molecule has 4 heteroatoms. The molecule has 0 fully saturated rings. The Morgan fingerprint density at radius 2 is 2.00 bits per heavy atom. The summed E-state index contributed by atoms with van der Waals surface area (Å²) in [6, 6.07) is 12.0. The average Bonchev–Trinajstić information content (AvgIpc) is 2.50. The molecule has 21 heavy (non-hydrogen) atoms. The zero-order valence-electron chi connectivity index (χ0n) is 13.3. The first kappa shape index (κ1) is 17.5. The van der Waals surface area contributed by atoms with Crippen molar-refractivity contribution in [2.24, 2.45) is 0 Å². The van der Waals surface area contributed by atoms with Crippen molar-refractivity contribution in [1.29, 1.82) is 5.26 Å². The Morgan fingerprint density at radius 1 is 1.29 bits per heavy atom. The molecule has 0 amide bonds. The predicted molar refractivity (Wildman–Crippen MR) is 84.3 cm³/mol. The first-order valence-corrected chi connectivity index (χ1v) is 7.55. The monoisotopic (exact) mass is 290 g/mol. The molecule has 4 nitrogen and oxygen atoms in total. The molecule has 1 rings (SSSR count). The highest BCUT2D eigenvalue weighted by Crippen LogP contribution is 2.14. The molecule has 0 aliphatic carbocycles. The van der Waals surface area contributed by atoms with Gasteiger partial charge in [-0.1, -0.05) is 25.1 Å². The lowest BCUT2D eigenvalue weighted by atomic mass is 9.96. The van der Waals surface area contributed by atoms with Crippen LogP contribution in [0.4, 0.5) is 0 Å². The molecule has 2 atom stereocenters.